The molecule has 0 heterocycles. The van der Waals surface area contributed by atoms with E-state index in [9.17, 15) is 18.0 Å². The van der Waals surface area contributed by atoms with Gasteiger partial charge in [0.15, 0.2) is 0 Å². The van der Waals surface area contributed by atoms with Gasteiger partial charge in [0.2, 0.25) is 15.9 Å². The molecule has 0 atom stereocenters. The van der Waals surface area contributed by atoms with E-state index >= 15 is 0 Å². The summed E-state index contributed by atoms with van der Waals surface area (Å²) < 4.78 is 32.8. The lowest BCUT2D eigenvalue weighted by Crippen LogP contribution is -2.27. The van der Waals surface area contributed by atoms with Crippen LogP contribution >= 0.6 is 0 Å². The van der Waals surface area contributed by atoms with Crippen LogP contribution in [-0.2, 0) is 21.4 Å². The van der Waals surface area contributed by atoms with E-state index in [1.54, 1.807) is 60.7 Å². The van der Waals surface area contributed by atoms with Crippen molar-refractivity contribution < 1.29 is 22.7 Å². The first-order valence-electron chi connectivity index (χ1n) is 10.7. The second kappa shape index (κ2) is 11.0. The van der Waals surface area contributed by atoms with E-state index in [-0.39, 0.29) is 23.3 Å². The molecule has 0 saturated carbocycles. The van der Waals surface area contributed by atoms with E-state index in [0.717, 1.165) is 0 Å². The minimum absolute atomic E-state index is 0.0269. The zero-order valence-electron chi connectivity index (χ0n) is 19.2. The SMILES string of the molecule is CCOc1ccc(C(=O)Nc2ccc(NC(C)=O)cc2)cc1CN(C)S(=O)(=O)c1ccccc1. The Morgan fingerprint density at radius 1 is 0.912 bits per heavy atom. The molecule has 3 aromatic rings. The van der Waals surface area contributed by atoms with Gasteiger partial charge in [-0.05, 0) is 61.5 Å². The van der Waals surface area contributed by atoms with Gasteiger partial charge >= 0.3 is 0 Å². The predicted octanol–water partition coefficient (Wildman–Crippen LogP) is 4.12. The highest BCUT2D eigenvalue weighted by atomic mass is 32.2. The van der Waals surface area contributed by atoms with Crippen LogP contribution in [0, 0.1) is 0 Å². The summed E-state index contributed by atoms with van der Waals surface area (Å²) in [6.07, 6.45) is 0. The third-order valence-electron chi connectivity index (χ3n) is 4.93. The number of nitrogens with zero attached hydrogens (tertiary/aromatic N) is 1. The van der Waals surface area contributed by atoms with Gasteiger partial charge in [0.1, 0.15) is 5.75 Å². The second-order valence-electron chi connectivity index (χ2n) is 7.54. The molecule has 0 fully saturated rings. The van der Waals surface area contributed by atoms with Crippen LogP contribution in [0.5, 0.6) is 5.75 Å². The topological polar surface area (TPSA) is 105 Å². The highest BCUT2D eigenvalue weighted by Crippen LogP contribution is 2.25. The number of benzene rings is 3. The number of carbonyl (C=O) groups excluding carboxylic acids is 2. The van der Waals surface area contributed by atoms with E-state index < -0.39 is 10.0 Å². The summed E-state index contributed by atoms with van der Waals surface area (Å²) in [5.74, 6) is -0.0306. The molecule has 0 spiro atoms. The van der Waals surface area contributed by atoms with Crippen molar-refractivity contribution in [2.45, 2.75) is 25.3 Å². The molecule has 2 N–H and O–H groups in total. The average Bonchev–Trinajstić information content (AvgIpc) is 2.81. The van der Waals surface area contributed by atoms with Crippen LogP contribution in [0.15, 0.2) is 77.7 Å². The Bertz CT molecular complexity index is 1260. The van der Waals surface area contributed by atoms with Gasteiger partial charge in [0.25, 0.3) is 5.91 Å². The zero-order chi connectivity index (χ0) is 24.7. The lowest BCUT2D eigenvalue weighted by Gasteiger charge is -2.20. The number of hydrogen-bond acceptors (Lipinski definition) is 5. The quantitative estimate of drug-likeness (QED) is 0.478. The van der Waals surface area contributed by atoms with Crippen LogP contribution < -0.4 is 15.4 Å². The number of carbonyl (C=O) groups is 2. The molecule has 34 heavy (non-hydrogen) atoms. The summed E-state index contributed by atoms with van der Waals surface area (Å²) in [6, 6.07) is 19.8. The fourth-order valence-electron chi connectivity index (χ4n) is 3.28. The van der Waals surface area contributed by atoms with Crippen molar-refractivity contribution in [3.05, 3.63) is 83.9 Å². The van der Waals surface area contributed by atoms with Gasteiger partial charge in [-0.3, -0.25) is 9.59 Å². The average molecular weight is 482 g/mol. The van der Waals surface area contributed by atoms with Gasteiger partial charge in [0, 0.05) is 43.0 Å². The maximum absolute atomic E-state index is 12.9. The van der Waals surface area contributed by atoms with Gasteiger partial charge in [-0.25, -0.2) is 8.42 Å². The molecule has 0 radical (unpaired) electrons. The van der Waals surface area contributed by atoms with Crippen LogP contribution in [0.2, 0.25) is 0 Å². The number of rotatable bonds is 9. The van der Waals surface area contributed by atoms with Gasteiger partial charge in [-0.1, -0.05) is 18.2 Å². The Kier molecular flexibility index (Phi) is 8.04. The van der Waals surface area contributed by atoms with Crippen molar-refractivity contribution >= 4 is 33.2 Å². The molecule has 0 aliphatic carbocycles. The molecule has 0 aliphatic rings. The number of amides is 2. The van der Waals surface area contributed by atoms with E-state index in [4.69, 9.17) is 4.74 Å². The highest BCUT2D eigenvalue weighted by molar-refractivity contribution is 7.89. The molecule has 178 valence electrons. The van der Waals surface area contributed by atoms with Gasteiger partial charge < -0.3 is 15.4 Å². The number of ether oxygens (including phenoxy) is 1. The van der Waals surface area contributed by atoms with E-state index in [0.29, 0.717) is 34.9 Å². The van der Waals surface area contributed by atoms with Crippen molar-refractivity contribution in [3.8, 4) is 5.75 Å². The Balaban J connectivity index is 1.81. The lowest BCUT2D eigenvalue weighted by molar-refractivity contribution is -0.114. The van der Waals surface area contributed by atoms with Crippen LogP contribution in [0.1, 0.15) is 29.8 Å². The second-order valence-corrected chi connectivity index (χ2v) is 9.59. The number of nitrogens with one attached hydrogen (secondary N) is 2. The Hall–Kier alpha value is -3.69. The monoisotopic (exact) mass is 481 g/mol. The third-order valence-corrected chi connectivity index (χ3v) is 6.75. The fraction of sp³-hybridized carbons (Fsp3) is 0.200. The molecule has 0 saturated heterocycles. The van der Waals surface area contributed by atoms with Gasteiger partial charge in [-0.2, -0.15) is 4.31 Å². The molecule has 9 heteroatoms. The first-order chi connectivity index (χ1) is 16.2. The van der Waals surface area contributed by atoms with Crippen LogP contribution in [-0.4, -0.2) is 38.2 Å². The maximum atomic E-state index is 12.9. The van der Waals surface area contributed by atoms with Crippen molar-refractivity contribution in [1.29, 1.82) is 0 Å². The van der Waals surface area contributed by atoms with Crippen molar-refractivity contribution in [3.63, 3.8) is 0 Å². The van der Waals surface area contributed by atoms with Gasteiger partial charge in [0.05, 0.1) is 11.5 Å². The molecular weight excluding hydrogens is 454 g/mol. The first kappa shape index (κ1) is 24.9. The molecule has 3 rings (SSSR count). The molecule has 3 aromatic carbocycles. The Labute approximate surface area is 199 Å². The summed E-state index contributed by atoms with van der Waals surface area (Å²) >= 11 is 0. The minimum Gasteiger partial charge on any atom is -0.494 e. The summed E-state index contributed by atoms with van der Waals surface area (Å²) in [5, 5.41) is 5.47. The Morgan fingerprint density at radius 2 is 1.53 bits per heavy atom. The highest BCUT2D eigenvalue weighted by Gasteiger charge is 2.22. The largest absolute Gasteiger partial charge is 0.494 e. The molecule has 0 unspecified atom stereocenters. The lowest BCUT2D eigenvalue weighted by atomic mass is 10.1. The molecule has 0 bridgehead atoms. The van der Waals surface area contributed by atoms with E-state index in [2.05, 4.69) is 10.6 Å². The van der Waals surface area contributed by atoms with Crippen LogP contribution in [0.3, 0.4) is 0 Å². The molecule has 8 nitrogen and oxygen atoms in total. The van der Waals surface area contributed by atoms with Gasteiger partial charge in [-0.15, -0.1) is 0 Å². The molecule has 2 amide bonds. The van der Waals surface area contributed by atoms with Crippen LogP contribution in [0.4, 0.5) is 11.4 Å². The fourth-order valence-corrected chi connectivity index (χ4v) is 4.45. The summed E-state index contributed by atoms with van der Waals surface area (Å²) in [6.45, 7) is 3.68. The Morgan fingerprint density at radius 3 is 2.12 bits per heavy atom. The summed E-state index contributed by atoms with van der Waals surface area (Å²) in [4.78, 5) is 24.2. The van der Waals surface area contributed by atoms with Crippen molar-refractivity contribution in [2.24, 2.45) is 0 Å². The molecule has 0 aliphatic heterocycles. The predicted molar refractivity (Wildman–Crippen MR) is 131 cm³/mol. The normalized spacial score (nSPS) is 11.2. The van der Waals surface area contributed by atoms with E-state index in [1.165, 1.54) is 30.4 Å². The van der Waals surface area contributed by atoms with Crippen molar-refractivity contribution in [2.75, 3.05) is 24.3 Å². The standard InChI is InChI=1S/C25H27N3O5S/c1-4-33-24-15-10-19(25(30)27-22-13-11-21(12-14-22)26-18(2)29)16-20(24)17-28(3)34(31,32)23-8-6-5-7-9-23/h5-16H,4,17H2,1-3H3,(H,26,29)(H,27,30). The summed E-state index contributed by atoms with van der Waals surface area (Å²) in [5.41, 5.74) is 2.10. The molecular formula is C25H27N3O5S. The summed E-state index contributed by atoms with van der Waals surface area (Å²) in [7, 11) is -2.23. The number of anilines is 2. The first-order valence-corrected chi connectivity index (χ1v) is 12.1. The molecule has 0 aromatic heterocycles. The van der Waals surface area contributed by atoms with Crippen LogP contribution in [0.25, 0.3) is 0 Å². The zero-order valence-corrected chi connectivity index (χ0v) is 20.1. The van der Waals surface area contributed by atoms with Crippen molar-refractivity contribution in [1.82, 2.24) is 4.31 Å². The maximum Gasteiger partial charge on any atom is 0.255 e. The number of sulfonamides is 1. The number of hydrogen-bond donors (Lipinski definition) is 2. The van der Waals surface area contributed by atoms with E-state index in [1.807, 2.05) is 6.92 Å². The third kappa shape index (κ3) is 6.21. The minimum atomic E-state index is -3.72. The smallest absolute Gasteiger partial charge is 0.255 e.